The van der Waals surface area contributed by atoms with Crippen molar-refractivity contribution in [3.63, 3.8) is 0 Å². The third-order valence-electron chi connectivity index (χ3n) is 3.56. The molecule has 0 saturated carbocycles. The van der Waals surface area contributed by atoms with Gasteiger partial charge in [0.15, 0.2) is 5.82 Å². The van der Waals surface area contributed by atoms with E-state index in [9.17, 15) is 0 Å². The lowest BCUT2D eigenvalue weighted by Gasteiger charge is -2.20. The second-order valence-corrected chi connectivity index (χ2v) is 4.91. The molecule has 2 aliphatic rings. The van der Waals surface area contributed by atoms with Crippen molar-refractivity contribution in [2.45, 2.75) is 19.0 Å². The van der Waals surface area contributed by atoms with Gasteiger partial charge in [-0.2, -0.15) is 9.97 Å². The van der Waals surface area contributed by atoms with Gasteiger partial charge in [-0.3, -0.25) is 4.98 Å². The molecule has 2 aliphatic heterocycles. The molecule has 0 fully saturated rings. The van der Waals surface area contributed by atoms with E-state index in [-0.39, 0.29) is 0 Å². The summed E-state index contributed by atoms with van der Waals surface area (Å²) >= 11 is 0. The molecule has 1 atom stereocenters. The largest absolute Gasteiger partial charge is 0.369 e. The predicted molar refractivity (Wildman–Crippen MR) is 76.2 cm³/mol. The Bertz CT molecular complexity index is 628. The van der Waals surface area contributed by atoms with Gasteiger partial charge in [0.25, 0.3) is 0 Å². The molecule has 4 N–H and O–H groups in total. The van der Waals surface area contributed by atoms with E-state index in [2.05, 4.69) is 36.4 Å². The van der Waals surface area contributed by atoms with E-state index < -0.39 is 0 Å². The van der Waals surface area contributed by atoms with Crippen molar-refractivity contribution in [1.29, 1.82) is 0 Å². The van der Waals surface area contributed by atoms with Crippen LogP contribution in [0.25, 0.3) is 0 Å². The minimum absolute atomic E-state index is 0.314. The van der Waals surface area contributed by atoms with Crippen LogP contribution in [-0.4, -0.2) is 21.5 Å². The number of aromatic nitrogens is 3. The zero-order valence-corrected chi connectivity index (χ0v) is 10.8. The molecule has 7 heteroatoms. The van der Waals surface area contributed by atoms with Gasteiger partial charge in [0.05, 0.1) is 11.6 Å². The lowest BCUT2D eigenvalue weighted by Crippen LogP contribution is -2.24. The Morgan fingerprint density at radius 3 is 3.15 bits per heavy atom. The molecule has 2 aromatic heterocycles. The Balaban J connectivity index is 1.58. The van der Waals surface area contributed by atoms with Crippen LogP contribution in [0, 0.1) is 0 Å². The van der Waals surface area contributed by atoms with E-state index in [1.54, 1.807) is 6.20 Å². The molecule has 0 bridgehead atoms. The predicted octanol–water partition coefficient (Wildman–Crippen LogP) is 1.27. The summed E-state index contributed by atoms with van der Waals surface area (Å²) in [7, 11) is 0. The van der Waals surface area contributed by atoms with Gasteiger partial charge in [0.1, 0.15) is 5.82 Å². The minimum Gasteiger partial charge on any atom is -0.369 e. The van der Waals surface area contributed by atoms with E-state index in [4.69, 9.17) is 0 Å². The average molecular weight is 269 g/mol. The standard InChI is InChI=1S/C13H15N7/c1-2-8(6-14-4-1)7-16-13-17-11-10-9(3-5-15-11)19-20-12(10)18-13/h1-2,4,6,9,19H,3,5,7H2,(H3,15,16,17,18,20). The van der Waals surface area contributed by atoms with E-state index >= 15 is 0 Å². The van der Waals surface area contributed by atoms with Gasteiger partial charge >= 0.3 is 0 Å². The summed E-state index contributed by atoms with van der Waals surface area (Å²) in [5.41, 5.74) is 8.60. The first-order valence-corrected chi connectivity index (χ1v) is 6.70. The summed E-state index contributed by atoms with van der Waals surface area (Å²) in [6.07, 6.45) is 4.64. The Morgan fingerprint density at radius 1 is 1.30 bits per heavy atom. The first kappa shape index (κ1) is 11.4. The normalized spacial score (nSPS) is 18.9. The number of hydrogen-bond donors (Lipinski definition) is 4. The molecule has 20 heavy (non-hydrogen) atoms. The van der Waals surface area contributed by atoms with E-state index in [0.717, 1.165) is 35.7 Å². The molecule has 0 spiro atoms. The molecular weight excluding hydrogens is 254 g/mol. The van der Waals surface area contributed by atoms with Gasteiger partial charge < -0.3 is 16.1 Å². The van der Waals surface area contributed by atoms with Crippen LogP contribution in [0.3, 0.4) is 0 Å². The summed E-state index contributed by atoms with van der Waals surface area (Å²) in [6.45, 7) is 1.58. The highest BCUT2D eigenvalue weighted by Crippen LogP contribution is 2.37. The number of hydrogen-bond acceptors (Lipinski definition) is 7. The molecule has 0 saturated heterocycles. The quantitative estimate of drug-likeness (QED) is 0.667. The van der Waals surface area contributed by atoms with Crippen molar-refractivity contribution in [2.24, 2.45) is 0 Å². The maximum Gasteiger partial charge on any atom is 0.226 e. The molecule has 2 aromatic rings. The first-order chi connectivity index (χ1) is 9.90. The lowest BCUT2D eigenvalue weighted by molar-refractivity contribution is 0.575. The summed E-state index contributed by atoms with van der Waals surface area (Å²) in [4.78, 5) is 13.1. The number of hydrazine groups is 1. The fraction of sp³-hybridized carbons (Fsp3) is 0.308. The molecule has 1 unspecified atom stereocenters. The maximum atomic E-state index is 4.55. The molecule has 4 heterocycles. The van der Waals surface area contributed by atoms with Gasteiger partial charge in [-0.15, -0.1) is 0 Å². The Morgan fingerprint density at radius 2 is 2.25 bits per heavy atom. The Hall–Kier alpha value is -2.41. The summed E-state index contributed by atoms with van der Waals surface area (Å²) in [5.74, 6) is 2.39. The second kappa shape index (κ2) is 4.61. The first-order valence-electron chi connectivity index (χ1n) is 6.70. The molecule has 7 nitrogen and oxygen atoms in total. The zero-order chi connectivity index (χ0) is 13.4. The molecule has 0 radical (unpaired) electrons. The molecule has 0 aliphatic carbocycles. The highest BCUT2D eigenvalue weighted by atomic mass is 15.4. The summed E-state index contributed by atoms with van der Waals surface area (Å²) < 4.78 is 0. The third-order valence-corrected chi connectivity index (χ3v) is 3.56. The molecule has 0 amide bonds. The fourth-order valence-corrected chi connectivity index (χ4v) is 2.57. The Labute approximate surface area is 116 Å². The van der Waals surface area contributed by atoms with Crippen molar-refractivity contribution >= 4 is 17.6 Å². The maximum absolute atomic E-state index is 4.55. The SMILES string of the molecule is c1cncc(CNc2nc3c4c(n2)NNC4CCN3)c1. The van der Waals surface area contributed by atoms with Crippen LogP contribution >= 0.6 is 0 Å². The Kier molecular flexibility index (Phi) is 2.63. The fourth-order valence-electron chi connectivity index (χ4n) is 2.57. The number of anilines is 3. The van der Waals surface area contributed by atoms with Crippen LogP contribution < -0.4 is 21.5 Å². The minimum atomic E-state index is 0.314. The van der Waals surface area contributed by atoms with Crippen molar-refractivity contribution in [1.82, 2.24) is 20.4 Å². The average Bonchev–Trinajstić information content (AvgIpc) is 2.91. The van der Waals surface area contributed by atoms with E-state index in [0.29, 0.717) is 18.5 Å². The van der Waals surface area contributed by atoms with E-state index in [1.165, 1.54) is 0 Å². The van der Waals surface area contributed by atoms with Crippen LogP contribution in [-0.2, 0) is 6.54 Å². The van der Waals surface area contributed by atoms with Crippen molar-refractivity contribution < 1.29 is 0 Å². The van der Waals surface area contributed by atoms with Gasteiger partial charge in [-0.05, 0) is 18.1 Å². The van der Waals surface area contributed by atoms with Crippen molar-refractivity contribution in [2.75, 3.05) is 22.6 Å². The van der Waals surface area contributed by atoms with Crippen LogP contribution in [0.4, 0.5) is 17.6 Å². The second-order valence-electron chi connectivity index (χ2n) is 4.91. The smallest absolute Gasteiger partial charge is 0.226 e. The number of nitrogens with zero attached hydrogens (tertiary/aromatic N) is 3. The molecule has 4 rings (SSSR count). The molecular formula is C13H15N7. The molecule has 102 valence electrons. The molecule has 0 aromatic carbocycles. The zero-order valence-electron chi connectivity index (χ0n) is 10.8. The van der Waals surface area contributed by atoms with Gasteiger partial charge in [0, 0.05) is 25.5 Å². The van der Waals surface area contributed by atoms with Crippen molar-refractivity contribution in [3.05, 3.63) is 35.7 Å². The summed E-state index contributed by atoms with van der Waals surface area (Å²) in [5, 5.41) is 6.56. The number of nitrogens with one attached hydrogen (secondary N) is 4. The van der Waals surface area contributed by atoms with Gasteiger partial charge in [-0.25, -0.2) is 5.43 Å². The highest BCUT2D eigenvalue weighted by molar-refractivity contribution is 5.66. The van der Waals surface area contributed by atoms with Crippen LogP contribution in [0.15, 0.2) is 24.5 Å². The van der Waals surface area contributed by atoms with Gasteiger partial charge in [0.2, 0.25) is 5.95 Å². The van der Waals surface area contributed by atoms with E-state index in [1.807, 2.05) is 18.3 Å². The van der Waals surface area contributed by atoms with Crippen LogP contribution in [0.5, 0.6) is 0 Å². The van der Waals surface area contributed by atoms with Crippen LogP contribution in [0.1, 0.15) is 23.6 Å². The van der Waals surface area contributed by atoms with Gasteiger partial charge in [-0.1, -0.05) is 6.07 Å². The monoisotopic (exact) mass is 269 g/mol. The van der Waals surface area contributed by atoms with Crippen molar-refractivity contribution in [3.8, 4) is 0 Å². The van der Waals surface area contributed by atoms with Crippen LogP contribution in [0.2, 0.25) is 0 Å². The topological polar surface area (TPSA) is 86.8 Å². The number of pyridine rings is 1. The summed E-state index contributed by atoms with van der Waals surface area (Å²) in [6, 6.07) is 4.25. The third kappa shape index (κ3) is 1.92. The lowest BCUT2D eigenvalue weighted by atomic mass is 10.0. The highest BCUT2D eigenvalue weighted by Gasteiger charge is 2.30. The number of rotatable bonds is 3.